The van der Waals surface area contributed by atoms with Crippen LogP contribution in [0, 0.1) is 0 Å². The fourth-order valence-corrected chi connectivity index (χ4v) is 2.40. The minimum atomic E-state index is -0.346. The summed E-state index contributed by atoms with van der Waals surface area (Å²) >= 11 is 3.32. The number of amides is 2. The molecule has 0 spiro atoms. The first-order valence-corrected chi connectivity index (χ1v) is 7.57. The Kier molecular flexibility index (Phi) is 4.16. The molecule has 1 aromatic carbocycles. The Bertz CT molecular complexity index is 764. The average molecular weight is 377 g/mol. The Labute approximate surface area is 140 Å². The van der Waals surface area contributed by atoms with Crippen molar-refractivity contribution in [3.8, 4) is 5.75 Å². The Balaban J connectivity index is 1.76. The average Bonchev–Trinajstić information content (AvgIpc) is 2.52. The van der Waals surface area contributed by atoms with Crippen LogP contribution in [0.3, 0.4) is 0 Å². The normalized spacial score (nSPS) is 13.3. The van der Waals surface area contributed by atoms with Gasteiger partial charge in [0.25, 0.3) is 5.91 Å². The van der Waals surface area contributed by atoms with Gasteiger partial charge in [-0.25, -0.2) is 4.98 Å². The lowest BCUT2D eigenvalue weighted by atomic mass is 10.3. The molecule has 1 aliphatic rings. The summed E-state index contributed by atoms with van der Waals surface area (Å²) in [7, 11) is 0. The lowest BCUT2D eigenvalue weighted by Crippen LogP contribution is -2.44. The molecule has 0 aliphatic carbocycles. The van der Waals surface area contributed by atoms with Crippen molar-refractivity contribution in [1.29, 1.82) is 0 Å². The van der Waals surface area contributed by atoms with Crippen LogP contribution in [0.2, 0.25) is 0 Å². The second-order valence-corrected chi connectivity index (χ2v) is 5.80. The molecule has 8 heteroatoms. The first-order valence-electron chi connectivity index (χ1n) is 6.78. The van der Waals surface area contributed by atoms with Crippen molar-refractivity contribution in [2.75, 3.05) is 29.1 Å². The SMILES string of the molecule is Nc1ccc2c(n1)N(CC(=O)Nc1ccc(Br)cc1)C(=O)CO2. The smallest absolute Gasteiger partial charge is 0.266 e. The monoisotopic (exact) mass is 376 g/mol. The second kappa shape index (κ2) is 6.25. The molecule has 0 bridgehead atoms. The molecule has 23 heavy (non-hydrogen) atoms. The number of ether oxygens (including phenoxy) is 1. The third-order valence-electron chi connectivity index (χ3n) is 3.20. The van der Waals surface area contributed by atoms with E-state index in [9.17, 15) is 9.59 Å². The number of nitrogens with zero attached hydrogens (tertiary/aromatic N) is 2. The summed E-state index contributed by atoms with van der Waals surface area (Å²) in [6, 6.07) is 10.3. The number of benzene rings is 1. The summed E-state index contributed by atoms with van der Waals surface area (Å²) in [5, 5.41) is 2.73. The lowest BCUT2D eigenvalue weighted by Gasteiger charge is -2.27. The van der Waals surface area contributed by atoms with Gasteiger partial charge in [0.05, 0.1) is 0 Å². The number of carbonyl (C=O) groups excluding carboxylic acids is 2. The first-order chi connectivity index (χ1) is 11.0. The lowest BCUT2D eigenvalue weighted by molar-refractivity contribution is -0.123. The van der Waals surface area contributed by atoms with Crippen LogP contribution < -0.4 is 20.7 Å². The molecule has 0 saturated heterocycles. The quantitative estimate of drug-likeness (QED) is 0.850. The molecule has 2 amide bonds. The third kappa shape index (κ3) is 3.42. The number of nitrogen functional groups attached to an aromatic ring is 1. The van der Waals surface area contributed by atoms with Gasteiger partial charge in [0.2, 0.25) is 5.91 Å². The van der Waals surface area contributed by atoms with Gasteiger partial charge >= 0.3 is 0 Å². The van der Waals surface area contributed by atoms with E-state index < -0.39 is 0 Å². The highest BCUT2D eigenvalue weighted by atomic mass is 79.9. The maximum atomic E-state index is 12.2. The highest BCUT2D eigenvalue weighted by molar-refractivity contribution is 9.10. The highest BCUT2D eigenvalue weighted by Gasteiger charge is 2.28. The minimum Gasteiger partial charge on any atom is -0.480 e. The Morgan fingerprint density at radius 3 is 2.78 bits per heavy atom. The summed E-state index contributed by atoms with van der Waals surface area (Å²) in [5.41, 5.74) is 6.29. The number of fused-ring (bicyclic) bond motifs is 1. The van der Waals surface area contributed by atoms with E-state index >= 15 is 0 Å². The van der Waals surface area contributed by atoms with E-state index in [4.69, 9.17) is 10.5 Å². The minimum absolute atomic E-state index is 0.135. The molecule has 0 saturated carbocycles. The molecular weight excluding hydrogens is 364 g/mol. The number of nitrogens with two attached hydrogens (primary N) is 1. The van der Waals surface area contributed by atoms with Crippen LogP contribution in [-0.4, -0.2) is 29.9 Å². The van der Waals surface area contributed by atoms with Gasteiger partial charge in [-0.05, 0) is 36.4 Å². The maximum Gasteiger partial charge on any atom is 0.266 e. The van der Waals surface area contributed by atoms with Crippen molar-refractivity contribution in [1.82, 2.24) is 4.98 Å². The van der Waals surface area contributed by atoms with Crippen molar-refractivity contribution in [2.24, 2.45) is 0 Å². The molecule has 3 rings (SSSR count). The van der Waals surface area contributed by atoms with Gasteiger partial charge < -0.3 is 15.8 Å². The van der Waals surface area contributed by atoms with E-state index in [0.717, 1.165) is 4.47 Å². The highest BCUT2D eigenvalue weighted by Crippen LogP contribution is 2.30. The molecule has 0 fully saturated rings. The summed E-state index contributed by atoms with van der Waals surface area (Å²) in [5.74, 6) is 0.252. The van der Waals surface area contributed by atoms with Gasteiger partial charge in [0.15, 0.2) is 18.2 Å². The van der Waals surface area contributed by atoms with E-state index in [1.165, 1.54) is 4.90 Å². The molecule has 0 radical (unpaired) electrons. The Hall–Kier alpha value is -2.61. The van der Waals surface area contributed by atoms with Gasteiger partial charge in [0, 0.05) is 10.2 Å². The van der Waals surface area contributed by atoms with Crippen LogP contribution in [0.25, 0.3) is 0 Å². The largest absolute Gasteiger partial charge is 0.480 e. The number of nitrogens with one attached hydrogen (secondary N) is 1. The number of anilines is 3. The Morgan fingerprint density at radius 1 is 1.30 bits per heavy atom. The molecule has 0 unspecified atom stereocenters. The standard InChI is InChI=1S/C15H13BrN4O3/c16-9-1-3-10(4-2-9)18-13(21)7-20-14(22)8-23-11-5-6-12(17)19-15(11)20/h1-6H,7-8H2,(H2,17,19)(H,18,21). The van der Waals surface area contributed by atoms with Gasteiger partial charge in [-0.2, -0.15) is 0 Å². The number of halogens is 1. The topological polar surface area (TPSA) is 97.5 Å². The van der Waals surface area contributed by atoms with E-state index in [-0.39, 0.29) is 36.6 Å². The van der Waals surface area contributed by atoms with Crippen LogP contribution in [0.5, 0.6) is 5.75 Å². The van der Waals surface area contributed by atoms with Crippen molar-refractivity contribution in [2.45, 2.75) is 0 Å². The van der Waals surface area contributed by atoms with Crippen molar-refractivity contribution < 1.29 is 14.3 Å². The molecular formula is C15H13BrN4O3. The molecule has 7 nitrogen and oxygen atoms in total. The summed E-state index contributed by atoms with van der Waals surface area (Å²) in [4.78, 5) is 29.6. The fraction of sp³-hybridized carbons (Fsp3) is 0.133. The van der Waals surface area contributed by atoms with Gasteiger partial charge in [-0.3, -0.25) is 14.5 Å². The zero-order valence-corrected chi connectivity index (χ0v) is 13.5. The van der Waals surface area contributed by atoms with Gasteiger partial charge in [-0.15, -0.1) is 0 Å². The summed E-state index contributed by atoms with van der Waals surface area (Å²) in [6.45, 7) is -0.300. The fourth-order valence-electron chi connectivity index (χ4n) is 2.13. The Morgan fingerprint density at radius 2 is 2.04 bits per heavy atom. The predicted octanol–water partition coefficient (Wildman–Crippen LogP) is 1.79. The first kappa shape index (κ1) is 15.3. The van der Waals surface area contributed by atoms with E-state index in [1.807, 2.05) is 12.1 Å². The van der Waals surface area contributed by atoms with Crippen molar-refractivity contribution in [3.63, 3.8) is 0 Å². The number of hydrogen-bond donors (Lipinski definition) is 2. The van der Waals surface area contributed by atoms with Crippen LogP contribution >= 0.6 is 15.9 Å². The van der Waals surface area contributed by atoms with Crippen LogP contribution in [-0.2, 0) is 9.59 Å². The van der Waals surface area contributed by atoms with Crippen LogP contribution in [0.4, 0.5) is 17.3 Å². The maximum absolute atomic E-state index is 12.2. The third-order valence-corrected chi connectivity index (χ3v) is 3.73. The molecule has 1 aromatic heterocycles. The molecule has 1 aliphatic heterocycles. The molecule has 2 heterocycles. The van der Waals surface area contributed by atoms with Crippen LogP contribution in [0.1, 0.15) is 0 Å². The number of hydrogen-bond acceptors (Lipinski definition) is 5. The van der Waals surface area contributed by atoms with Gasteiger partial charge in [-0.1, -0.05) is 15.9 Å². The van der Waals surface area contributed by atoms with Crippen molar-refractivity contribution >= 4 is 45.1 Å². The van der Waals surface area contributed by atoms with E-state index in [1.54, 1.807) is 24.3 Å². The number of rotatable bonds is 3. The van der Waals surface area contributed by atoms with Crippen LogP contribution in [0.15, 0.2) is 40.9 Å². The second-order valence-electron chi connectivity index (χ2n) is 4.88. The van der Waals surface area contributed by atoms with Crippen molar-refractivity contribution in [3.05, 3.63) is 40.9 Å². The summed E-state index contributed by atoms with van der Waals surface area (Å²) < 4.78 is 6.20. The van der Waals surface area contributed by atoms with Gasteiger partial charge in [0.1, 0.15) is 12.4 Å². The predicted molar refractivity (Wildman–Crippen MR) is 89.3 cm³/mol. The van der Waals surface area contributed by atoms with E-state index in [0.29, 0.717) is 11.4 Å². The zero-order valence-electron chi connectivity index (χ0n) is 12.0. The molecule has 0 atom stereocenters. The number of carbonyl (C=O) groups is 2. The molecule has 2 aromatic rings. The molecule has 118 valence electrons. The summed E-state index contributed by atoms with van der Waals surface area (Å²) in [6.07, 6.45) is 0. The van der Waals surface area contributed by atoms with E-state index in [2.05, 4.69) is 26.2 Å². The molecule has 3 N–H and O–H groups in total. The number of pyridine rings is 1. The zero-order chi connectivity index (χ0) is 16.4. The number of aromatic nitrogens is 1.